The molecule has 7 heteroatoms. The molecule has 3 N–H and O–H groups in total. The van der Waals surface area contributed by atoms with E-state index in [-0.39, 0.29) is 17.7 Å². The Hall–Kier alpha value is -2.44. The minimum absolute atomic E-state index is 0.104. The van der Waals surface area contributed by atoms with Gasteiger partial charge in [-0.3, -0.25) is 19.9 Å². The van der Waals surface area contributed by atoms with Crippen molar-refractivity contribution in [2.24, 2.45) is 5.92 Å². The number of nitrogens with zero attached hydrogens (tertiary/aromatic N) is 1. The molecule has 0 aromatic carbocycles. The average molecular weight is 316 g/mol. The number of amides is 4. The predicted octanol–water partition coefficient (Wildman–Crippen LogP) is 0.752. The van der Waals surface area contributed by atoms with Gasteiger partial charge in [0.15, 0.2) is 0 Å². The predicted molar refractivity (Wildman–Crippen MR) is 82.7 cm³/mol. The quantitative estimate of drug-likeness (QED) is 0.714. The average Bonchev–Trinajstić information content (AvgIpc) is 3.08. The molecule has 122 valence electrons. The van der Waals surface area contributed by atoms with Gasteiger partial charge in [0.2, 0.25) is 0 Å². The molecule has 1 saturated carbocycles. The summed E-state index contributed by atoms with van der Waals surface area (Å²) in [4.78, 5) is 39.9. The lowest BCUT2D eigenvalue weighted by molar-refractivity contribution is -0.125. The van der Waals surface area contributed by atoms with Crippen molar-refractivity contribution in [1.82, 2.24) is 20.9 Å². The first-order valence-corrected chi connectivity index (χ1v) is 7.92. The van der Waals surface area contributed by atoms with Gasteiger partial charge in [0.25, 0.3) is 11.8 Å². The Kier molecular flexibility index (Phi) is 4.02. The van der Waals surface area contributed by atoms with Crippen LogP contribution in [0.3, 0.4) is 0 Å². The molecule has 2 atom stereocenters. The van der Waals surface area contributed by atoms with Crippen LogP contribution < -0.4 is 16.0 Å². The lowest BCUT2D eigenvalue weighted by Gasteiger charge is -2.28. The van der Waals surface area contributed by atoms with Crippen LogP contribution in [0.1, 0.15) is 42.2 Å². The van der Waals surface area contributed by atoms with Crippen LogP contribution in [0.5, 0.6) is 0 Å². The van der Waals surface area contributed by atoms with E-state index in [0.717, 1.165) is 24.8 Å². The molecule has 2 aliphatic rings. The topological polar surface area (TPSA) is 100 Å². The number of carbonyl (C=O) groups is 3. The third-order valence-corrected chi connectivity index (χ3v) is 4.76. The van der Waals surface area contributed by atoms with Crippen molar-refractivity contribution in [1.29, 1.82) is 0 Å². The molecule has 23 heavy (non-hydrogen) atoms. The Morgan fingerprint density at radius 3 is 3.00 bits per heavy atom. The van der Waals surface area contributed by atoms with Gasteiger partial charge in [-0.05, 0) is 37.0 Å². The minimum Gasteiger partial charge on any atom is -0.350 e. The third kappa shape index (κ3) is 2.78. The zero-order valence-electron chi connectivity index (χ0n) is 13.0. The van der Waals surface area contributed by atoms with E-state index >= 15 is 0 Å². The first kappa shape index (κ1) is 15.5. The zero-order valence-corrected chi connectivity index (χ0v) is 13.0. The summed E-state index contributed by atoms with van der Waals surface area (Å²) in [6.45, 7) is 2.35. The number of urea groups is 1. The standard InChI is InChI=1S/C16H20N4O3/c1-2-10-5-7-17-12(8-10)13(21)18-9-11-4-3-6-16(11)14(22)19-15(23)20-16/h5,7-8,11H,2-4,6,9H2,1H3,(H,18,21)(H2,19,20,22,23)/t11-,16+/m0/s1. The Morgan fingerprint density at radius 1 is 1.48 bits per heavy atom. The second kappa shape index (κ2) is 5.98. The lowest BCUT2D eigenvalue weighted by atomic mass is 9.87. The molecular formula is C16H20N4O3. The summed E-state index contributed by atoms with van der Waals surface area (Å²) in [7, 11) is 0. The number of nitrogens with one attached hydrogen (secondary N) is 3. The van der Waals surface area contributed by atoms with E-state index in [1.54, 1.807) is 12.3 Å². The second-order valence-electron chi connectivity index (χ2n) is 6.08. The molecule has 1 aromatic rings. The van der Waals surface area contributed by atoms with Crippen LogP contribution in [0.25, 0.3) is 0 Å². The molecule has 1 aromatic heterocycles. The van der Waals surface area contributed by atoms with Crippen LogP contribution in [0.2, 0.25) is 0 Å². The van der Waals surface area contributed by atoms with Gasteiger partial charge in [-0.1, -0.05) is 13.3 Å². The van der Waals surface area contributed by atoms with Crippen molar-refractivity contribution in [2.45, 2.75) is 38.1 Å². The molecule has 0 bridgehead atoms. The normalized spacial score (nSPS) is 26.2. The molecule has 1 aliphatic heterocycles. The van der Waals surface area contributed by atoms with Crippen molar-refractivity contribution < 1.29 is 14.4 Å². The maximum Gasteiger partial charge on any atom is 0.322 e. The number of pyridine rings is 1. The molecular weight excluding hydrogens is 296 g/mol. The largest absolute Gasteiger partial charge is 0.350 e. The van der Waals surface area contributed by atoms with Crippen molar-refractivity contribution in [3.8, 4) is 0 Å². The van der Waals surface area contributed by atoms with Crippen molar-refractivity contribution in [2.75, 3.05) is 6.54 Å². The van der Waals surface area contributed by atoms with Crippen molar-refractivity contribution >= 4 is 17.8 Å². The summed E-state index contributed by atoms with van der Waals surface area (Å²) in [6.07, 6.45) is 4.69. The molecule has 4 amide bonds. The van der Waals surface area contributed by atoms with Gasteiger partial charge in [-0.15, -0.1) is 0 Å². The molecule has 2 fully saturated rings. The van der Waals surface area contributed by atoms with Gasteiger partial charge < -0.3 is 10.6 Å². The van der Waals surface area contributed by atoms with Gasteiger partial charge in [-0.25, -0.2) is 4.79 Å². The summed E-state index contributed by atoms with van der Waals surface area (Å²) >= 11 is 0. The number of imide groups is 1. The van der Waals surface area contributed by atoms with Crippen LogP contribution in [0.4, 0.5) is 4.79 Å². The van der Waals surface area contributed by atoms with Crippen LogP contribution in [0, 0.1) is 5.92 Å². The van der Waals surface area contributed by atoms with Crippen LogP contribution in [0.15, 0.2) is 18.3 Å². The van der Waals surface area contributed by atoms with E-state index in [0.29, 0.717) is 18.7 Å². The highest BCUT2D eigenvalue weighted by atomic mass is 16.2. The number of aryl methyl sites for hydroxylation is 1. The van der Waals surface area contributed by atoms with Gasteiger partial charge in [0, 0.05) is 18.7 Å². The van der Waals surface area contributed by atoms with Gasteiger partial charge >= 0.3 is 6.03 Å². The molecule has 1 saturated heterocycles. The Labute approximate surface area is 134 Å². The van der Waals surface area contributed by atoms with Gasteiger partial charge in [0.05, 0.1) is 0 Å². The van der Waals surface area contributed by atoms with E-state index in [4.69, 9.17) is 0 Å². The monoisotopic (exact) mass is 316 g/mol. The fourth-order valence-corrected chi connectivity index (χ4v) is 3.45. The van der Waals surface area contributed by atoms with Crippen LogP contribution in [-0.2, 0) is 11.2 Å². The molecule has 1 spiro atoms. The number of rotatable bonds is 4. The third-order valence-electron chi connectivity index (χ3n) is 4.76. The van der Waals surface area contributed by atoms with E-state index in [2.05, 4.69) is 20.9 Å². The lowest BCUT2D eigenvalue weighted by Crippen LogP contribution is -2.53. The summed E-state index contributed by atoms with van der Waals surface area (Å²) < 4.78 is 0. The highest BCUT2D eigenvalue weighted by Crippen LogP contribution is 2.37. The molecule has 2 heterocycles. The fraction of sp³-hybridized carbons (Fsp3) is 0.500. The fourth-order valence-electron chi connectivity index (χ4n) is 3.45. The van der Waals surface area contributed by atoms with Crippen LogP contribution >= 0.6 is 0 Å². The summed E-state index contributed by atoms with van der Waals surface area (Å²) in [6, 6.07) is 3.19. The highest BCUT2D eigenvalue weighted by molar-refractivity contribution is 6.07. The Balaban J connectivity index is 1.66. The molecule has 3 rings (SSSR count). The Morgan fingerprint density at radius 2 is 2.30 bits per heavy atom. The second-order valence-corrected chi connectivity index (χ2v) is 6.08. The maximum atomic E-state index is 12.3. The zero-order chi connectivity index (χ0) is 16.4. The Bertz CT molecular complexity index is 660. The van der Waals surface area contributed by atoms with E-state index < -0.39 is 11.6 Å². The number of hydrogen-bond acceptors (Lipinski definition) is 4. The number of hydrogen-bond donors (Lipinski definition) is 3. The minimum atomic E-state index is -0.872. The van der Waals surface area contributed by atoms with E-state index in [1.807, 2.05) is 13.0 Å². The van der Waals surface area contributed by atoms with Gasteiger partial charge in [0.1, 0.15) is 11.2 Å². The SMILES string of the molecule is CCc1ccnc(C(=O)NC[C@@H]2CCC[C@@]23NC(=O)NC3=O)c1. The van der Waals surface area contributed by atoms with Gasteiger partial charge in [-0.2, -0.15) is 0 Å². The van der Waals surface area contributed by atoms with Crippen molar-refractivity contribution in [3.05, 3.63) is 29.6 Å². The summed E-state index contributed by atoms with van der Waals surface area (Å²) in [5.74, 6) is -0.648. The van der Waals surface area contributed by atoms with E-state index in [1.165, 1.54) is 0 Å². The maximum absolute atomic E-state index is 12.3. The van der Waals surface area contributed by atoms with Crippen LogP contribution in [-0.4, -0.2) is 34.9 Å². The summed E-state index contributed by atoms with van der Waals surface area (Å²) in [5, 5.41) is 7.89. The summed E-state index contributed by atoms with van der Waals surface area (Å²) in [5.41, 5.74) is 0.546. The molecule has 7 nitrogen and oxygen atoms in total. The molecule has 1 aliphatic carbocycles. The van der Waals surface area contributed by atoms with E-state index in [9.17, 15) is 14.4 Å². The highest BCUT2D eigenvalue weighted by Gasteiger charge is 2.54. The first-order valence-electron chi connectivity index (χ1n) is 7.92. The smallest absolute Gasteiger partial charge is 0.322 e. The molecule has 0 unspecified atom stereocenters. The van der Waals surface area contributed by atoms with Crippen molar-refractivity contribution in [3.63, 3.8) is 0 Å². The number of aromatic nitrogens is 1. The number of carbonyl (C=O) groups excluding carboxylic acids is 3. The first-order chi connectivity index (χ1) is 11.0. The molecule has 0 radical (unpaired) electrons.